The van der Waals surface area contributed by atoms with Crippen LogP contribution in [0, 0.1) is 0 Å². The Bertz CT molecular complexity index is 100. The van der Waals surface area contributed by atoms with Crippen LogP contribution in [0.2, 0.25) is 0 Å². The van der Waals surface area contributed by atoms with Gasteiger partial charge in [0.05, 0.1) is 0 Å². The van der Waals surface area contributed by atoms with Crippen LogP contribution >= 0.6 is 0 Å². The van der Waals surface area contributed by atoms with Gasteiger partial charge in [-0.2, -0.15) is 0 Å². The van der Waals surface area contributed by atoms with Crippen LogP contribution in [-0.2, 0) is 10.9 Å². The minimum absolute atomic E-state index is 0.0355. The van der Waals surface area contributed by atoms with Gasteiger partial charge in [0.25, 0.3) is 0 Å². The average Bonchev–Trinajstić information content (AvgIpc) is 1.87. The predicted octanol–water partition coefficient (Wildman–Crippen LogP) is -0.649. The van der Waals surface area contributed by atoms with Crippen LogP contribution in [-0.4, -0.2) is 11.9 Å². The van der Waals surface area contributed by atoms with Gasteiger partial charge in [0.15, 0.2) is 0 Å². The molecule has 0 aromatic rings. The first-order chi connectivity index (χ1) is 3.29. The first-order valence-corrected chi connectivity index (χ1v) is 3.62. The summed E-state index contributed by atoms with van der Waals surface area (Å²) in [6.45, 7) is 0. The Hall–Kier alpha value is 0.0700. The van der Waals surface area contributed by atoms with Crippen molar-refractivity contribution < 1.29 is 0 Å². The van der Waals surface area contributed by atoms with Crippen molar-refractivity contribution >= 4 is 10.9 Å². The van der Waals surface area contributed by atoms with E-state index in [1.54, 1.807) is 0 Å². The van der Waals surface area contributed by atoms with Gasteiger partial charge < -0.3 is 5.73 Å². The van der Waals surface area contributed by atoms with Gasteiger partial charge in [0.1, 0.15) is 6.17 Å². The van der Waals surface area contributed by atoms with E-state index in [2.05, 4.69) is 4.36 Å². The maximum absolute atomic E-state index is 5.41. The summed E-state index contributed by atoms with van der Waals surface area (Å²) in [6, 6.07) is 0. The normalized spacial score (nSPS) is 40.9. The van der Waals surface area contributed by atoms with Crippen LogP contribution < -0.4 is 10.9 Å². The molecule has 1 rings (SSSR count). The van der Waals surface area contributed by atoms with E-state index < -0.39 is 0 Å². The van der Waals surface area contributed by atoms with E-state index in [4.69, 9.17) is 10.9 Å². The highest BCUT2D eigenvalue weighted by atomic mass is 32.2. The third kappa shape index (κ3) is 1.22. The van der Waals surface area contributed by atoms with Gasteiger partial charge in [-0.3, -0.25) is 5.14 Å². The maximum Gasteiger partial charge on any atom is 0.106 e. The first kappa shape index (κ1) is 5.21. The minimum atomic E-state index is -0.203. The van der Waals surface area contributed by atoms with Gasteiger partial charge in [0.2, 0.25) is 0 Å². The zero-order valence-corrected chi connectivity index (χ0v) is 4.82. The number of nitrogens with zero attached hydrogens (tertiary/aromatic N) is 1. The first-order valence-electron chi connectivity index (χ1n) is 2.21. The van der Waals surface area contributed by atoms with Gasteiger partial charge in [-0.1, -0.05) is 0 Å². The molecule has 0 aliphatic carbocycles. The number of hydrogen-bond acceptors (Lipinski definition) is 3. The van der Waals surface area contributed by atoms with Crippen molar-refractivity contribution in [2.24, 2.45) is 15.2 Å². The van der Waals surface area contributed by atoms with Crippen molar-refractivity contribution in [1.29, 1.82) is 0 Å². The second-order valence-corrected chi connectivity index (χ2v) is 2.99. The SMILES string of the molecule is NC1CCS(N)=N1. The fourth-order valence-corrected chi connectivity index (χ4v) is 1.56. The topological polar surface area (TPSA) is 64.4 Å². The molecule has 0 bridgehead atoms. The monoisotopic (exact) mass is 119 g/mol. The van der Waals surface area contributed by atoms with Gasteiger partial charge >= 0.3 is 0 Å². The minimum Gasteiger partial charge on any atom is -0.309 e. The highest BCUT2D eigenvalue weighted by molar-refractivity contribution is 7.85. The molecule has 7 heavy (non-hydrogen) atoms. The molecule has 4 N–H and O–H groups in total. The largest absolute Gasteiger partial charge is 0.309 e. The molecule has 0 saturated carbocycles. The van der Waals surface area contributed by atoms with E-state index in [-0.39, 0.29) is 17.0 Å². The lowest BCUT2D eigenvalue weighted by Gasteiger charge is -1.88. The summed E-state index contributed by atoms with van der Waals surface area (Å²) in [5.74, 6) is 0.987. The van der Waals surface area contributed by atoms with Crippen LogP contribution in [0.15, 0.2) is 4.36 Å². The zero-order chi connectivity index (χ0) is 5.28. The molecule has 3 nitrogen and oxygen atoms in total. The molecule has 1 aliphatic heterocycles. The molecule has 0 saturated heterocycles. The van der Waals surface area contributed by atoms with Crippen molar-refractivity contribution in [3.8, 4) is 0 Å². The van der Waals surface area contributed by atoms with E-state index in [9.17, 15) is 0 Å². The lowest BCUT2D eigenvalue weighted by Crippen LogP contribution is -2.12. The van der Waals surface area contributed by atoms with Crippen LogP contribution in [0.4, 0.5) is 0 Å². The summed E-state index contributed by atoms with van der Waals surface area (Å²) < 4.78 is 3.97. The summed E-state index contributed by atoms with van der Waals surface area (Å²) in [7, 11) is -0.203. The predicted molar refractivity (Wildman–Crippen MR) is 31.4 cm³/mol. The second kappa shape index (κ2) is 1.90. The molecule has 2 atom stereocenters. The standard InChI is InChI=1S/C3H9N3S/c4-3-1-2-7(5)6-3/h3H,1-2,4H2,(H2,5,6). The second-order valence-electron chi connectivity index (χ2n) is 1.57. The van der Waals surface area contributed by atoms with Crippen molar-refractivity contribution in [2.75, 3.05) is 5.75 Å². The average molecular weight is 119 g/mol. The maximum atomic E-state index is 5.41. The van der Waals surface area contributed by atoms with Crippen molar-refractivity contribution in [3.05, 3.63) is 0 Å². The van der Waals surface area contributed by atoms with Crippen molar-refractivity contribution in [2.45, 2.75) is 12.6 Å². The number of nitrogens with two attached hydrogens (primary N) is 2. The Morgan fingerprint density at radius 1 is 1.71 bits per heavy atom. The van der Waals surface area contributed by atoms with Crippen molar-refractivity contribution in [3.63, 3.8) is 0 Å². The van der Waals surface area contributed by atoms with Gasteiger partial charge in [0, 0.05) is 5.75 Å². The van der Waals surface area contributed by atoms with Crippen LogP contribution in [0.3, 0.4) is 0 Å². The Kier molecular flexibility index (Phi) is 1.41. The summed E-state index contributed by atoms with van der Waals surface area (Å²) in [5.41, 5.74) is 5.39. The Morgan fingerprint density at radius 3 is 2.57 bits per heavy atom. The molecule has 0 aromatic carbocycles. The lowest BCUT2D eigenvalue weighted by molar-refractivity contribution is 0.722. The number of hydrogen-bond donors (Lipinski definition) is 2. The van der Waals surface area contributed by atoms with E-state index >= 15 is 0 Å². The van der Waals surface area contributed by atoms with E-state index in [0.29, 0.717) is 0 Å². The molecule has 0 radical (unpaired) electrons. The molecule has 1 heterocycles. The van der Waals surface area contributed by atoms with Crippen LogP contribution in [0.1, 0.15) is 6.42 Å². The Morgan fingerprint density at radius 2 is 2.43 bits per heavy atom. The van der Waals surface area contributed by atoms with Crippen molar-refractivity contribution in [1.82, 2.24) is 0 Å². The van der Waals surface area contributed by atoms with Gasteiger partial charge in [-0.25, -0.2) is 4.36 Å². The zero-order valence-electron chi connectivity index (χ0n) is 4.00. The molecule has 1 aliphatic rings. The Balaban J connectivity index is 2.50. The molecule has 4 heteroatoms. The van der Waals surface area contributed by atoms with Gasteiger partial charge in [-0.15, -0.1) is 0 Å². The smallest absolute Gasteiger partial charge is 0.106 e. The fourth-order valence-electron chi connectivity index (χ4n) is 0.521. The molecule has 0 aromatic heterocycles. The third-order valence-electron chi connectivity index (χ3n) is 0.894. The highest BCUT2D eigenvalue weighted by Gasteiger charge is 2.07. The fraction of sp³-hybridized carbons (Fsp3) is 1.00. The quantitative estimate of drug-likeness (QED) is 0.445. The van der Waals surface area contributed by atoms with Crippen LogP contribution in [0.25, 0.3) is 0 Å². The molecular formula is C3H9N3S. The number of rotatable bonds is 0. The Labute approximate surface area is 45.3 Å². The third-order valence-corrected chi connectivity index (χ3v) is 2.09. The van der Waals surface area contributed by atoms with Gasteiger partial charge in [-0.05, 0) is 17.3 Å². The summed E-state index contributed by atoms with van der Waals surface area (Å²) in [6.07, 6.45) is 1.01. The van der Waals surface area contributed by atoms with E-state index in [1.807, 2.05) is 0 Å². The molecule has 42 valence electrons. The molecule has 0 fully saturated rings. The lowest BCUT2D eigenvalue weighted by atomic mass is 10.4. The molecule has 2 unspecified atom stereocenters. The molecular weight excluding hydrogens is 110 g/mol. The van der Waals surface area contributed by atoms with E-state index in [0.717, 1.165) is 12.2 Å². The summed E-state index contributed by atoms with van der Waals surface area (Å²) >= 11 is 0. The summed E-state index contributed by atoms with van der Waals surface area (Å²) in [4.78, 5) is 0. The molecule has 0 amide bonds. The van der Waals surface area contributed by atoms with Crippen LogP contribution in [0.5, 0.6) is 0 Å². The van der Waals surface area contributed by atoms with E-state index in [1.165, 1.54) is 0 Å². The summed E-state index contributed by atoms with van der Waals surface area (Å²) in [5, 5.41) is 5.41. The molecule has 0 spiro atoms. The highest BCUT2D eigenvalue weighted by Crippen LogP contribution is 2.01.